The Kier molecular flexibility index (Phi) is 20.4. The van der Waals surface area contributed by atoms with E-state index in [0.29, 0.717) is 31.5 Å². The van der Waals surface area contributed by atoms with E-state index < -0.39 is 71.8 Å². The van der Waals surface area contributed by atoms with E-state index in [-0.39, 0.29) is 61.1 Å². The van der Waals surface area contributed by atoms with Crippen molar-refractivity contribution in [2.24, 2.45) is 17.8 Å². The molecule has 0 radical (unpaired) electrons. The second-order valence-electron chi connectivity index (χ2n) is 17.9. The molecule has 18 nitrogen and oxygen atoms in total. The minimum absolute atomic E-state index is 0.0442. The lowest BCUT2D eigenvalue weighted by Gasteiger charge is -2.40. The van der Waals surface area contributed by atoms with Crippen molar-refractivity contribution in [3.8, 4) is 0 Å². The molecule has 1 saturated heterocycles. The van der Waals surface area contributed by atoms with Gasteiger partial charge < -0.3 is 50.4 Å². The van der Waals surface area contributed by atoms with Gasteiger partial charge >= 0.3 is 12.1 Å². The van der Waals surface area contributed by atoms with Crippen molar-refractivity contribution in [3.05, 3.63) is 53.3 Å². The molecule has 0 bridgehead atoms. The molecule has 1 aromatic carbocycles. The zero-order chi connectivity index (χ0) is 47.9. The predicted molar refractivity (Wildman–Crippen MR) is 241 cm³/mol. The summed E-state index contributed by atoms with van der Waals surface area (Å²) >= 11 is 0. The largest absolute Gasteiger partial charge is 0.480 e. The van der Waals surface area contributed by atoms with Gasteiger partial charge in [-0.05, 0) is 57.9 Å². The number of likely N-dealkylation sites (tertiary alicyclic amines) is 1. The number of carboxylic acids is 1. The van der Waals surface area contributed by atoms with E-state index in [9.17, 15) is 33.9 Å². The van der Waals surface area contributed by atoms with E-state index in [0.717, 1.165) is 5.56 Å². The number of aryl methyl sites for hydroxylation is 1. The van der Waals surface area contributed by atoms with Crippen LogP contribution in [0.5, 0.6) is 0 Å². The Morgan fingerprint density at radius 3 is 2.20 bits per heavy atom. The molecule has 64 heavy (non-hydrogen) atoms. The number of likely N-dealkylation sites (N-methyl/N-ethyl adjacent to an activating group) is 1. The van der Waals surface area contributed by atoms with Gasteiger partial charge in [0.2, 0.25) is 23.7 Å². The third-order valence-electron chi connectivity index (χ3n) is 11.7. The summed E-state index contributed by atoms with van der Waals surface area (Å²) in [6.07, 6.45) is 1.41. The topological polar surface area (TPSA) is 231 Å². The number of carbonyl (C=O) groups is 6. The number of carboxylic acid groups (broad SMARTS) is 1. The number of methoxy groups -OCH3 is 2. The molecular formula is C46H72N8O10. The average Bonchev–Trinajstić information content (AvgIpc) is 3.72. The standard InChI is InChI=1S/C46H72N8O10/c1-13-28(4)38(53(10)42(58)37(27(2)3)52-44-49-26-32(30(6)50-44)41(57)47-21-22-48-45(61)64-46(7,8)9)35(62-11)25-36(55)54-23-17-20-34(54)39(63-12)29(5)40(56)51-33(43(59)60)24-31-18-15-14-16-19-31/h14-16,18-19,26-29,33-35,37-39H,13,17,20-25H2,1-12H3,(H,47,57)(H,48,61)(H,51,56)(H,59,60)(H,49,50,52)/t28-,29+,33?,34?,35+,37?,38-,39+/m0/s1. The highest BCUT2D eigenvalue weighted by Gasteiger charge is 2.43. The molecule has 1 aromatic heterocycles. The lowest BCUT2D eigenvalue weighted by Crippen LogP contribution is -2.56. The van der Waals surface area contributed by atoms with Gasteiger partial charge in [-0.25, -0.2) is 19.6 Å². The van der Waals surface area contributed by atoms with Crippen LogP contribution in [-0.4, -0.2) is 143 Å². The van der Waals surface area contributed by atoms with Gasteiger partial charge in [0, 0.05) is 53.5 Å². The number of carbonyl (C=O) groups excluding carboxylic acids is 5. The van der Waals surface area contributed by atoms with E-state index in [1.165, 1.54) is 20.4 Å². The highest BCUT2D eigenvalue weighted by Crippen LogP contribution is 2.30. The number of ether oxygens (including phenoxy) is 3. The monoisotopic (exact) mass is 897 g/mol. The molecule has 5 N–H and O–H groups in total. The summed E-state index contributed by atoms with van der Waals surface area (Å²) in [5.74, 6) is -3.47. The van der Waals surface area contributed by atoms with E-state index in [1.807, 2.05) is 45.9 Å². The summed E-state index contributed by atoms with van der Waals surface area (Å²) in [5, 5.41) is 21.1. The first kappa shape index (κ1) is 53.0. The number of hydrogen-bond donors (Lipinski definition) is 5. The molecule has 3 unspecified atom stereocenters. The Labute approximate surface area is 378 Å². The molecule has 5 amide bonds. The molecule has 1 aliphatic rings. The lowest BCUT2D eigenvalue weighted by molar-refractivity contribution is -0.147. The van der Waals surface area contributed by atoms with Crippen molar-refractivity contribution in [1.82, 2.24) is 35.7 Å². The Hall–Kier alpha value is -5.36. The lowest BCUT2D eigenvalue weighted by atomic mass is 9.89. The molecule has 1 fully saturated rings. The van der Waals surface area contributed by atoms with Crippen molar-refractivity contribution in [3.63, 3.8) is 0 Å². The van der Waals surface area contributed by atoms with Crippen molar-refractivity contribution in [2.75, 3.05) is 46.2 Å². The maximum absolute atomic E-state index is 14.4. The van der Waals surface area contributed by atoms with Crippen LogP contribution < -0.4 is 21.3 Å². The van der Waals surface area contributed by atoms with Gasteiger partial charge in [0.15, 0.2) is 0 Å². The van der Waals surface area contributed by atoms with Crippen LogP contribution in [0.15, 0.2) is 36.5 Å². The third-order valence-corrected chi connectivity index (χ3v) is 11.7. The molecule has 2 aromatic rings. The van der Waals surface area contributed by atoms with Crippen LogP contribution in [0.3, 0.4) is 0 Å². The molecule has 0 aliphatic carbocycles. The number of aliphatic carboxylic acids is 1. The summed E-state index contributed by atoms with van der Waals surface area (Å²) in [5.41, 5.74) is 0.742. The Morgan fingerprint density at radius 1 is 0.984 bits per heavy atom. The van der Waals surface area contributed by atoms with Gasteiger partial charge in [-0.1, -0.05) is 71.4 Å². The van der Waals surface area contributed by atoms with Crippen LogP contribution >= 0.6 is 0 Å². The Balaban J connectivity index is 1.72. The number of hydrogen-bond acceptors (Lipinski definition) is 12. The van der Waals surface area contributed by atoms with Gasteiger partial charge in [-0.15, -0.1) is 0 Å². The maximum Gasteiger partial charge on any atom is 0.407 e. The van der Waals surface area contributed by atoms with Crippen LogP contribution in [0.1, 0.15) is 103 Å². The van der Waals surface area contributed by atoms with Gasteiger partial charge in [0.1, 0.15) is 17.7 Å². The van der Waals surface area contributed by atoms with Gasteiger partial charge in [0.05, 0.1) is 47.9 Å². The smallest absolute Gasteiger partial charge is 0.407 e. The summed E-state index contributed by atoms with van der Waals surface area (Å²) in [4.78, 5) is 91.5. The average molecular weight is 897 g/mol. The minimum atomic E-state index is -1.15. The molecule has 0 saturated carbocycles. The fourth-order valence-corrected chi connectivity index (χ4v) is 8.04. The Bertz CT molecular complexity index is 1880. The fraction of sp³-hybridized carbons (Fsp3) is 0.652. The maximum atomic E-state index is 14.4. The minimum Gasteiger partial charge on any atom is -0.480 e. The van der Waals surface area contributed by atoms with Crippen LogP contribution in [-0.2, 0) is 39.8 Å². The summed E-state index contributed by atoms with van der Waals surface area (Å²) in [6.45, 7) is 17.2. The quantitative estimate of drug-likeness (QED) is 0.0987. The Morgan fingerprint density at radius 2 is 1.64 bits per heavy atom. The molecule has 8 atom stereocenters. The van der Waals surface area contributed by atoms with Gasteiger partial charge in [-0.3, -0.25) is 19.2 Å². The molecule has 2 heterocycles. The highest BCUT2D eigenvalue weighted by atomic mass is 16.6. The molecule has 3 rings (SSSR count). The first-order chi connectivity index (χ1) is 30.1. The fourth-order valence-electron chi connectivity index (χ4n) is 8.04. The molecule has 0 spiro atoms. The second-order valence-corrected chi connectivity index (χ2v) is 17.9. The third kappa shape index (κ3) is 15.1. The van der Waals surface area contributed by atoms with E-state index in [1.54, 1.807) is 63.6 Å². The SMILES string of the molecule is CC[C@H](C)[C@@H]([C@@H](CC(=O)N1CCCC1[C@H](OC)[C@@H](C)C(=O)NC(Cc1ccccc1)C(=O)O)OC)N(C)C(=O)C(Nc1ncc(C(=O)NCCNC(=O)OC(C)(C)C)c(C)n1)C(C)C. The van der Waals surface area contributed by atoms with Crippen LogP contribution in [0.2, 0.25) is 0 Å². The number of rotatable bonds is 23. The number of amides is 5. The first-order valence-electron chi connectivity index (χ1n) is 22.2. The first-order valence-corrected chi connectivity index (χ1v) is 22.2. The zero-order valence-electron chi connectivity index (χ0n) is 39.7. The molecule has 356 valence electrons. The highest BCUT2D eigenvalue weighted by molar-refractivity contribution is 5.95. The summed E-state index contributed by atoms with van der Waals surface area (Å²) in [7, 11) is 4.71. The number of nitrogens with one attached hydrogen (secondary N) is 4. The van der Waals surface area contributed by atoms with Crippen molar-refractivity contribution < 1.29 is 48.1 Å². The molecule has 18 heteroatoms. The van der Waals surface area contributed by atoms with Crippen molar-refractivity contribution in [2.45, 2.75) is 136 Å². The summed E-state index contributed by atoms with van der Waals surface area (Å²) in [6, 6.07) is 6.16. The van der Waals surface area contributed by atoms with E-state index in [4.69, 9.17) is 14.2 Å². The number of aromatic nitrogens is 2. The molecular weight excluding hydrogens is 825 g/mol. The normalized spacial score (nSPS) is 17.3. The zero-order valence-corrected chi connectivity index (χ0v) is 39.7. The number of nitrogens with zero attached hydrogens (tertiary/aromatic N) is 4. The molecule has 1 aliphatic heterocycles. The van der Waals surface area contributed by atoms with Crippen LogP contribution in [0.25, 0.3) is 0 Å². The van der Waals surface area contributed by atoms with Crippen molar-refractivity contribution >= 4 is 41.6 Å². The number of benzene rings is 1. The van der Waals surface area contributed by atoms with Crippen molar-refractivity contribution in [1.29, 1.82) is 0 Å². The van der Waals surface area contributed by atoms with Crippen LogP contribution in [0.4, 0.5) is 10.7 Å². The van der Waals surface area contributed by atoms with Gasteiger partial charge in [-0.2, -0.15) is 0 Å². The second kappa shape index (κ2) is 24.6. The van der Waals surface area contributed by atoms with E-state index in [2.05, 4.69) is 31.2 Å². The van der Waals surface area contributed by atoms with Crippen LogP contribution in [0, 0.1) is 24.7 Å². The van der Waals surface area contributed by atoms with E-state index >= 15 is 0 Å². The summed E-state index contributed by atoms with van der Waals surface area (Å²) < 4.78 is 17.1. The predicted octanol–water partition coefficient (Wildman–Crippen LogP) is 4.21. The number of anilines is 1. The number of alkyl carbamates (subject to hydrolysis) is 1. The van der Waals surface area contributed by atoms with Gasteiger partial charge in [0.25, 0.3) is 5.91 Å².